The van der Waals surface area contributed by atoms with E-state index in [-0.39, 0.29) is 0 Å². The van der Waals surface area contributed by atoms with Gasteiger partial charge in [-0.05, 0) is 19.8 Å². The van der Waals surface area contributed by atoms with Gasteiger partial charge in [-0.15, -0.1) is 0 Å². The van der Waals surface area contributed by atoms with E-state index in [4.69, 9.17) is 0 Å². The third-order valence-electron chi connectivity index (χ3n) is 2.11. The summed E-state index contributed by atoms with van der Waals surface area (Å²) in [5, 5.41) is 19.2. The van der Waals surface area contributed by atoms with E-state index < -0.39 is 11.7 Å². The van der Waals surface area contributed by atoms with Crippen molar-refractivity contribution in [2.45, 2.75) is 64.6 Å². The molecule has 0 saturated heterocycles. The normalized spacial score (nSPS) is 14.8. The number of hydrogen-bond donors (Lipinski definition) is 2. The fraction of sp³-hybridized carbons (Fsp3) is 1.00. The topological polar surface area (TPSA) is 40.5 Å². The Morgan fingerprint density at radius 3 is 1.83 bits per heavy atom. The molecule has 1 unspecified atom stereocenters. The van der Waals surface area contributed by atoms with Crippen LogP contribution in [-0.2, 0) is 0 Å². The number of aliphatic hydroxyl groups is 2. The second-order valence-electron chi connectivity index (χ2n) is 3.78. The summed E-state index contributed by atoms with van der Waals surface area (Å²) in [6.45, 7) is 5.85. The zero-order valence-corrected chi connectivity index (χ0v) is 8.51. The first-order chi connectivity index (χ1) is 5.54. The first-order valence-corrected chi connectivity index (χ1v) is 4.94. The molecule has 0 amide bonds. The van der Waals surface area contributed by atoms with Crippen LogP contribution in [0.1, 0.15) is 52.9 Å². The van der Waals surface area contributed by atoms with Gasteiger partial charge in [-0.2, -0.15) is 0 Å². The van der Waals surface area contributed by atoms with E-state index >= 15 is 0 Å². The lowest BCUT2D eigenvalue weighted by Crippen LogP contribution is -2.32. The first-order valence-electron chi connectivity index (χ1n) is 4.94. The Hall–Kier alpha value is -0.0800. The van der Waals surface area contributed by atoms with Crippen LogP contribution < -0.4 is 0 Å². The molecule has 0 aliphatic carbocycles. The maximum Gasteiger partial charge on any atom is 0.0672 e. The maximum absolute atomic E-state index is 10.0. The van der Waals surface area contributed by atoms with Crippen LogP contribution in [0.15, 0.2) is 0 Å². The van der Waals surface area contributed by atoms with Gasteiger partial charge in [-0.3, -0.25) is 0 Å². The molecule has 2 heteroatoms. The lowest BCUT2D eigenvalue weighted by Gasteiger charge is -2.28. The Morgan fingerprint density at radius 2 is 1.58 bits per heavy atom. The molecule has 0 rings (SSSR count). The molecule has 12 heavy (non-hydrogen) atoms. The summed E-state index contributed by atoms with van der Waals surface area (Å²) in [5.41, 5.74) is -0.627. The Morgan fingerprint density at radius 1 is 1.17 bits per heavy atom. The van der Waals surface area contributed by atoms with Crippen LogP contribution in [0, 0.1) is 0 Å². The molecule has 0 aliphatic heterocycles. The minimum absolute atomic E-state index is 0.395. The first kappa shape index (κ1) is 11.9. The average Bonchev–Trinajstić information content (AvgIpc) is 1.85. The van der Waals surface area contributed by atoms with Gasteiger partial charge in [0.2, 0.25) is 0 Å². The van der Waals surface area contributed by atoms with Crippen LogP contribution in [0.25, 0.3) is 0 Å². The molecule has 0 saturated carbocycles. The second kappa shape index (κ2) is 5.55. The van der Waals surface area contributed by atoms with E-state index in [1.54, 1.807) is 6.92 Å². The van der Waals surface area contributed by atoms with Gasteiger partial charge in [-0.1, -0.05) is 26.7 Å². The van der Waals surface area contributed by atoms with Crippen LogP contribution in [0.3, 0.4) is 0 Å². The fourth-order valence-corrected chi connectivity index (χ4v) is 1.81. The third-order valence-corrected chi connectivity index (χ3v) is 2.11. The van der Waals surface area contributed by atoms with Crippen LogP contribution in [0.4, 0.5) is 0 Å². The Labute approximate surface area is 75.6 Å². The molecule has 0 heterocycles. The molecule has 0 spiro atoms. The number of rotatable bonds is 6. The monoisotopic (exact) mass is 174 g/mol. The van der Waals surface area contributed by atoms with Crippen LogP contribution in [-0.4, -0.2) is 21.9 Å². The van der Waals surface area contributed by atoms with Crippen molar-refractivity contribution in [3.05, 3.63) is 0 Å². The predicted octanol–water partition coefficient (Wildman–Crippen LogP) is 2.09. The summed E-state index contributed by atoms with van der Waals surface area (Å²) in [6.07, 6.45) is 3.66. The van der Waals surface area contributed by atoms with Gasteiger partial charge < -0.3 is 10.2 Å². The van der Waals surface area contributed by atoms with Gasteiger partial charge in [0.05, 0.1) is 11.7 Å². The summed E-state index contributed by atoms with van der Waals surface area (Å²) >= 11 is 0. The highest BCUT2D eigenvalue weighted by atomic mass is 16.3. The lowest BCUT2D eigenvalue weighted by molar-refractivity contribution is -0.0203. The third kappa shape index (κ3) is 4.73. The zero-order chi connectivity index (χ0) is 9.61. The standard InChI is InChI=1S/C10H22O2/c1-4-6-10(12,7-5-2)8-9(3)11/h9,11-12H,4-8H2,1-3H3. The Balaban J connectivity index is 3.98. The van der Waals surface area contributed by atoms with E-state index in [0.717, 1.165) is 25.7 Å². The van der Waals surface area contributed by atoms with Gasteiger partial charge in [-0.25, -0.2) is 0 Å². The SMILES string of the molecule is CCCC(O)(CCC)CC(C)O. The van der Waals surface area contributed by atoms with E-state index in [1.807, 2.05) is 0 Å². The Bertz CT molecular complexity index is 104. The summed E-state index contributed by atoms with van der Waals surface area (Å²) in [7, 11) is 0. The largest absolute Gasteiger partial charge is 0.393 e. The molecule has 2 N–H and O–H groups in total. The molecule has 74 valence electrons. The molecule has 0 aliphatic rings. The minimum atomic E-state index is -0.627. The molecule has 0 aromatic heterocycles. The predicted molar refractivity (Wildman–Crippen MR) is 51.1 cm³/mol. The average molecular weight is 174 g/mol. The van der Waals surface area contributed by atoms with E-state index in [9.17, 15) is 10.2 Å². The van der Waals surface area contributed by atoms with E-state index in [2.05, 4.69) is 13.8 Å². The van der Waals surface area contributed by atoms with Gasteiger partial charge in [0.25, 0.3) is 0 Å². The maximum atomic E-state index is 10.0. The van der Waals surface area contributed by atoms with Crippen LogP contribution >= 0.6 is 0 Å². The van der Waals surface area contributed by atoms with E-state index in [1.165, 1.54) is 0 Å². The number of aliphatic hydroxyl groups excluding tert-OH is 1. The molecule has 0 bridgehead atoms. The van der Waals surface area contributed by atoms with Crippen LogP contribution in [0.5, 0.6) is 0 Å². The van der Waals surface area contributed by atoms with Gasteiger partial charge in [0, 0.05) is 6.42 Å². The van der Waals surface area contributed by atoms with Crippen molar-refractivity contribution in [3.63, 3.8) is 0 Å². The highest BCUT2D eigenvalue weighted by Crippen LogP contribution is 2.24. The summed E-state index contributed by atoms with van der Waals surface area (Å²) in [4.78, 5) is 0. The number of hydrogen-bond acceptors (Lipinski definition) is 2. The summed E-state index contributed by atoms with van der Waals surface area (Å²) in [6, 6.07) is 0. The lowest BCUT2D eigenvalue weighted by atomic mass is 9.87. The van der Waals surface area contributed by atoms with Gasteiger partial charge >= 0.3 is 0 Å². The van der Waals surface area contributed by atoms with Gasteiger partial charge in [0.15, 0.2) is 0 Å². The van der Waals surface area contributed by atoms with Gasteiger partial charge in [0.1, 0.15) is 0 Å². The van der Waals surface area contributed by atoms with Crippen molar-refractivity contribution in [1.29, 1.82) is 0 Å². The van der Waals surface area contributed by atoms with Crippen molar-refractivity contribution >= 4 is 0 Å². The molecule has 2 nitrogen and oxygen atoms in total. The molecular weight excluding hydrogens is 152 g/mol. The quantitative estimate of drug-likeness (QED) is 0.647. The fourth-order valence-electron chi connectivity index (χ4n) is 1.81. The molecule has 1 atom stereocenters. The molecular formula is C10H22O2. The molecule has 0 fully saturated rings. The zero-order valence-electron chi connectivity index (χ0n) is 8.51. The highest BCUT2D eigenvalue weighted by Gasteiger charge is 2.26. The molecule has 0 aromatic rings. The van der Waals surface area contributed by atoms with Crippen molar-refractivity contribution < 1.29 is 10.2 Å². The van der Waals surface area contributed by atoms with Crippen molar-refractivity contribution in [2.75, 3.05) is 0 Å². The molecule has 0 aromatic carbocycles. The minimum Gasteiger partial charge on any atom is -0.393 e. The van der Waals surface area contributed by atoms with Crippen molar-refractivity contribution in [1.82, 2.24) is 0 Å². The smallest absolute Gasteiger partial charge is 0.0672 e. The van der Waals surface area contributed by atoms with E-state index in [0.29, 0.717) is 6.42 Å². The molecule has 0 radical (unpaired) electrons. The second-order valence-corrected chi connectivity index (χ2v) is 3.78. The van der Waals surface area contributed by atoms with Crippen molar-refractivity contribution in [3.8, 4) is 0 Å². The van der Waals surface area contributed by atoms with Crippen molar-refractivity contribution in [2.24, 2.45) is 0 Å². The summed E-state index contributed by atoms with van der Waals surface area (Å²) < 4.78 is 0. The summed E-state index contributed by atoms with van der Waals surface area (Å²) in [5.74, 6) is 0. The highest BCUT2D eigenvalue weighted by molar-refractivity contribution is 4.79. The van der Waals surface area contributed by atoms with Crippen LogP contribution in [0.2, 0.25) is 0 Å². The Kier molecular flexibility index (Phi) is 5.51.